The zero-order chi connectivity index (χ0) is 24.5. The number of fused-ring (bicyclic) bond motifs is 1. The minimum absolute atomic E-state index is 0.209. The lowest BCUT2D eigenvalue weighted by Crippen LogP contribution is -2.37. The topological polar surface area (TPSA) is 120 Å². The van der Waals surface area contributed by atoms with Crippen molar-refractivity contribution in [2.75, 3.05) is 63.2 Å². The number of hydrogen-bond donors (Lipinski definition) is 1. The van der Waals surface area contributed by atoms with Gasteiger partial charge in [-0.1, -0.05) is 12.1 Å². The van der Waals surface area contributed by atoms with Gasteiger partial charge < -0.3 is 20.1 Å². The van der Waals surface area contributed by atoms with E-state index in [1.165, 1.54) is 0 Å². The van der Waals surface area contributed by atoms with E-state index in [-0.39, 0.29) is 5.95 Å². The Kier molecular flexibility index (Phi) is 6.59. The van der Waals surface area contributed by atoms with Crippen LogP contribution in [0.2, 0.25) is 0 Å². The van der Waals surface area contributed by atoms with Crippen LogP contribution in [0.1, 0.15) is 0 Å². The third-order valence-electron chi connectivity index (χ3n) is 6.12. The molecule has 36 heavy (non-hydrogen) atoms. The SMILES string of the molecule is Nc1ncc(-c2nc(N3CCOCC3)c3sc(-c4cccc(S(=O)N5CCOCC5)c4)cc3n2)cn1. The number of ether oxygens (including phenoxy) is 2. The molecule has 2 saturated heterocycles. The van der Waals surface area contributed by atoms with Crippen LogP contribution in [0.25, 0.3) is 32.0 Å². The Morgan fingerprint density at radius 1 is 0.917 bits per heavy atom. The monoisotopic (exact) mass is 523 g/mol. The largest absolute Gasteiger partial charge is 0.379 e. The summed E-state index contributed by atoms with van der Waals surface area (Å²) in [5.41, 5.74) is 8.23. The first kappa shape index (κ1) is 23.4. The van der Waals surface area contributed by atoms with Crippen LogP contribution in [-0.2, 0) is 20.5 Å². The smallest absolute Gasteiger partial charge is 0.219 e. The average molecular weight is 524 g/mol. The molecule has 5 heterocycles. The van der Waals surface area contributed by atoms with E-state index in [1.54, 1.807) is 23.7 Å². The lowest BCUT2D eigenvalue weighted by Gasteiger charge is -2.28. The number of aromatic nitrogens is 4. The standard InChI is InChI=1S/C24H25N7O3S2/c25-24-26-14-17(15-27-24)22-28-19-13-20(35-21(19)23(29-22)30-4-8-33-9-5-30)16-2-1-3-18(12-16)36(32)31-6-10-34-11-7-31/h1-3,12-15H,4-11H2,(H2,25,26,27). The third kappa shape index (κ3) is 4.70. The van der Waals surface area contributed by atoms with Crippen molar-refractivity contribution in [1.82, 2.24) is 24.2 Å². The number of thiophene rings is 1. The number of nitrogen functional groups attached to an aromatic ring is 1. The predicted octanol–water partition coefficient (Wildman–Crippen LogP) is 2.59. The second-order valence-electron chi connectivity index (χ2n) is 8.44. The van der Waals surface area contributed by atoms with Crippen LogP contribution in [0, 0.1) is 0 Å². The van der Waals surface area contributed by atoms with Crippen molar-refractivity contribution in [2.24, 2.45) is 0 Å². The van der Waals surface area contributed by atoms with Gasteiger partial charge in [0.1, 0.15) is 11.0 Å². The van der Waals surface area contributed by atoms with Crippen molar-refractivity contribution in [3.63, 3.8) is 0 Å². The van der Waals surface area contributed by atoms with Crippen LogP contribution in [-0.4, -0.2) is 81.1 Å². The Balaban J connectivity index is 1.41. The summed E-state index contributed by atoms with van der Waals surface area (Å²) >= 11 is 1.64. The van der Waals surface area contributed by atoms with Crippen LogP contribution >= 0.6 is 11.3 Å². The highest BCUT2D eigenvalue weighted by Gasteiger charge is 2.22. The molecule has 3 aromatic heterocycles. The van der Waals surface area contributed by atoms with E-state index in [0.717, 1.165) is 44.5 Å². The second kappa shape index (κ2) is 10.1. The van der Waals surface area contributed by atoms with Crippen molar-refractivity contribution < 1.29 is 13.7 Å². The van der Waals surface area contributed by atoms with Gasteiger partial charge in [-0.3, -0.25) is 0 Å². The lowest BCUT2D eigenvalue weighted by molar-refractivity contribution is 0.0752. The third-order valence-corrected chi connectivity index (χ3v) is 8.78. The number of hydrogen-bond acceptors (Lipinski definition) is 10. The summed E-state index contributed by atoms with van der Waals surface area (Å²) in [5, 5.41) is 0. The fourth-order valence-corrected chi connectivity index (χ4v) is 6.56. The summed E-state index contributed by atoms with van der Waals surface area (Å²) in [6.07, 6.45) is 3.29. The van der Waals surface area contributed by atoms with E-state index < -0.39 is 11.0 Å². The highest BCUT2D eigenvalue weighted by molar-refractivity contribution is 7.82. The van der Waals surface area contributed by atoms with Gasteiger partial charge >= 0.3 is 0 Å². The Hall–Kier alpha value is -3.03. The number of rotatable bonds is 5. The zero-order valence-electron chi connectivity index (χ0n) is 19.5. The molecule has 0 amide bonds. The van der Waals surface area contributed by atoms with Crippen LogP contribution in [0.3, 0.4) is 0 Å². The molecular weight excluding hydrogens is 498 g/mol. The zero-order valence-corrected chi connectivity index (χ0v) is 21.1. The molecule has 2 fully saturated rings. The van der Waals surface area contributed by atoms with Gasteiger partial charge in [0.05, 0.1) is 47.1 Å². The first-order valence-electron chi connectivity index (χ1n) is 11.7. The Bertz CT molecular complexity index is 1400. The number of nitrogens with two attached hydrogens (primary N) is 1. The summed E-state index contributed by atoms with van der Waals surface area (Å²) in [7, 11) is -1.23. The summed E-state index contributed by atoms with van der Waals surface area (Å²) < 4.78 is 27.1. The Labute approximate surface area is 214 Å². The molecule has 0 bridgehead atoms. The first-order valence-corrected chi connectivity index (χ1v) is 13.7. The van der Waals surface area contributed by atoms with E-state index in [2.05, 4.69) is 20.9 Å². The average Bonchev–Trinajstić information content (AvgIpc) is 3.38. The van der Waals surface area contributed by atoms with Gasteiger partial charge in [-0.2, -0.15) is 0 Å². The quantitative estimate of drug-likeness (QED) is 0.421. The Morgan fingerprint density at radius 2 is 1.64 bits per heavy atom. The maximum absolute atomic E-state index is 13.2. The van der Waals surface area contributed by atoms with Crippen LogP contribution in [0.4, 0.5) is 11.8 Å². The molecule has 6 rings (SSSR count). The molecule has 2 N–H and O–H groups in total. The van der Waals surface area contributed by atoms with Crippen molar-refractivity contribution in [3.05, 3.63) is 42.7 Å². The molecule has 2 aliphatic rings. The molecule has 0 aliphatic carbocycles. The molecule has 0 spiro atoms. The first-order chi connectivity index (χ1) is 17.7. The number of morpholine rings is 2. The van der Waals surface area contributed by atoms with Crippen LogP contribution in [0.5, 0.6) is 0 Å². The minimum Gasteiger partial charge on any atom is -0.379 e. The maximum atomic E-state index is 13.2. The van der Waals surface area contributed by atoms with E-state index in [1.807, 2.05) is 28.6 Å². The van der Waals surface area contributed by atoms with E-state index in [0.29, 0.717) is 50.9 Å². The van der Waals surface area contributed by atoms with E-state index in [4.69, 9.17) is 25.2 Å². The second-order valence-corrected chi connectivity index (χ2v) is 11.0. The number of nitrogens with zero attached hydrogens (tertiary/aromatic N) is 6. The number of benzene rings is 1. The summed E-state index contributed by atoms with van der Waals surface area (Å²) in [5.74, 6) is 1.63. The van der Waals surface area contributed by atoms with Crippen LogP contribution < -0.4 is 10.6 Å². The van der Waals surface area contributed by atoms with Gasteiger partial charge in [0.15, 0.2) is 11.6 Å². The van der Waals surface area contributed by atoms with Crippen molar-refractivity contribution in [2.45, 2.75) is 4.90 Å². The lowest BCUT2D eigenvalue weighted by atomic mass is 10.2. The molecule has 1 atom stereocenters. The predicted molar refractivity (Wildman–Crippen MR) is 140 cm³/mol. The fourth-order valence-electron chi connectivity index (χ4n) is 4.25. The maximum Gasteiger partial charge on any atom is 0.219 e. The molecule has 12 heteroatoms. The molecule has 4 aromatic rings. The van der Waals surface area contributed by atoms with Gasteiger partial charge in [-0.05, 0) is 23.8 Å². The molecule has 0 saturated carbocycles. The molecule has 0 radical (unpaired) electrons. The van der Waals surface area contributed by atoms with Gasteiger partial charge in [-0.25, -0.2) is 28.5 Å². The highest BCUT2D eigenvalue weighted by atomic mass is 32.2. The van der Waals surface area contributed by atoms with E-state index in [9.17, 15) is 4.21 Å². The summed E-state index contributed by atoms with van der Waals surface area (Å²) in [4.78, 5) is 22.0. The van der Waals surface area contributed by atoms with Crippen LogP contribution in [0.15, 0.2) is 47.6 Å². The highest BCUT2D eigenvalue weighted by Crippen LogP contribution is 2.39. The summed E-state index contributed by atoms with van der Waals surface area (Å²) in [6, 6.07) is 10.00. The fraction of sp³-hybridized carbons (Fsp3) is 0.333. The molecular formula is C24H25N7O3S2. The van der Waals surface area contributed by atoms with Gasteiger partial charge in [-0.15, -0.1) is 11.3 Å². The van der Waals surface area contributed by atoms with Gasteiger partial charge in [0.2, 0.25) is 5.95 Å². The summed E-state index contributed by atoms with van der Waals surface area (Å²) in [6.45, 7) is 5.35. The van der Waals surface area contributed by atoms with E-state index >= 15 is 0 Å². The normalized spacial score (nSPS) is 17.9. The van der Waals surface area contributed by atoms with Gasteiger partial charge in [0.25, 0.3) is 0 Å². The molecule has 1 aromatic carbocycles. The molecule has 10 nitrogen and oxygen atoms in total. The molecule has 2 aliphatic heterocycles. The van der Waals surface area contributed by atoms with Crippen molar-refractivity contribution in [1.29, 1.82) is 0 Å². The molecule has 186 valence electrons. The minimum atomic E-state index is -1.23. The Morgan fingerprint density at radius 3 is 2.39 bits per heavy atom. The van der Waals surface area contributed by atoms with Crippen molar-refractivity contribution in [3.8, 4) is 21.8 Å². The number of anilines is 2. The van der Waals surface area contributed by atoms with Crippen molar-refractivity contribution >= 4 is 44.3 Å². The molecule has 1 unspecified atom stereocenters. The van der Waals surface area contributed by atoms with Gasteiger partial charge in [0, 0.05) is 43.4 Å².